The van der Waals surface area contributed by atoms with Crippen molar-refractivity contribution in [3.63, 3.8) is 0 Å². The van der Waals surface area contributed by atoms with E-state index in [4.69, 9.17) is 12.6 Å². The predicted octanol–water partition coefficient (Wildman–Crippen LogP) is 10.2. The van der Waals surface area contributed by atoms with Gasteiger partial charge in [0, 0.05) is 46.1 Å². The van der Waals surface area contributed by atoms with Crippen LogP contribution in [0.3, 0.4) is 0 Å². The minimum absolute atomic E-state index is 0. The molecular formula is C39H42IrN2OSi-2. The average molecular weight is 781 g/mol. The number of aromatic nitrogens is 2. The molecule has 3 aromatic carbocycles. The van der Waals surface area contributed by atoms with Gasteiger partial charge in [-0.3, -0.25) is 0 Å². The van der Waals surface area contributed by atoms with E-state index in [0.29, 0.717) is 16.8 Å². The Bertz CT molecular complexity index is 2100. The maximum atomic E-state index is 8.51. The summed E-state index contributed by atoms with van der Waals surface area (Å²) in [5.74, 6) is -1.02. The molecule has 0 amide bonds. The zero-order valence-electron chi connectivity index (χ0n) is 32.3. The van der Waals surface area contributed by atoms with E-state index in [-0.39, 0.29) is 31.2 Å². The van der Waals surface area contributed by atoms with Gasteiger partial charge in [-0.05, 0) is 53.2 Å². The van der Waals surface area contributed by atoms with Crippen LogP contribution in [0.4, 0.5) is 0 Å². The number of aryl methyl sites for hydroxylation is 1. The van der Waals surface area contributed by atoms with Crippen molar-refractivity contribution >= 4 is 35.2 Å². The number of hydrogen-bond acceptors (Lipinski definition) is 3. The minimum atomic E-state index is -2.46. The number of nitrogens with zero attached hydrogens (tertiary/aromatic N) is 2. The van der Waals surface area contributed by atoms with E-state index in [9.17, 15) is 0 Å². The van der Waals surface area contributed by atoms with E-state index in [2.05, 4.69) is 47.8 Å². The Morgan fingerprint density at radius 2 is 1.64 bits per heavy atom. The van der Waals surface area contributed by atoms with Gasteiger partial charge in [-0.25, -0.2) is 0 Å². The summed E-state index contributed by atoms with van der Waals surface area (Å²) in [5, 5.41) is 3.15. The predicted molar refractivity (Wildman–Crippen MR) is 185 cm³/mol. The van der Waals surface area contributed by atoms with Crippen molar-refractivity contribution in [1.82, 2.24) is 9.97 Å². The van der Waals surface area contributed by atoms with E-state index in [0.717, 1.165) is 33.2 Å². The number of furan rings is 1. The number of benzene rings is 3. The van der Waals surface area contributed by atoms with E-state index < -0.39 is 33.1 Å². The Balaban J connectivity index is 0.000000236. The molecule has 5 heteroatoms. The largest absolute Gasteiger partial charge is 0.501 e. The van der Waals surface area contributed by atoms with E-state index in [1.165, 1.54) is 17.4 Å². The number of rotatable bonds is 6. The van der Waals surface area contributed by atoms with Crippen molar-refractivity contribution in [2.24, 2.45) is 5.92 Å². The Morgan fingerprint density at radius 3 is 2.32 bits per heavy atom. The molecule has 229 valence electrons. The minimum Gasteiger partial charge on any atom is -0.501 e. The summed E-state index contributed by atoms with van der Waals surface area (Å²) in [6, 6.07) is 29.2. The molecule has 0 spiro atoms. The first kappa shape index (κ1) is 25.9. The Morgan fingerprint density at radius 1 is 0.886 bits per heavy atom. The molecule has 44 heavy (non-hydrogen) atoms. The van der Waals surface area contributed by atoms with Crippen LogP contribution in [-0.2, 0) is 26.5 Å². The third-order valence-electron chi connectivity index (χ3n) is 7.18. The summed E-state index contributed by atoms with van der Waals surface area (Å²) in [4.78, 5) is 8.96. The molecule has 3 nitrogen and oxygen atoms in total. The first-order valence-electron chi connectivity index (χ1n) is 17.6. The Hall–Kier alpha value is -3.37. The number of para-hydroxylation sites is 1. The van der Waals surface area contributed by atoms with Gasteiger partial charge in [0.05, 0.1) is 13.7 Å². The standard InChI is InChI=1S/C22H20NO.C17H22NSi.Ir/c1-14(2)11-16-12-20(23-13-15(16)3)19-9-6-8-18-17-7-4-5-10-21(17)24-22(18)19;1-13(2)15-11-16(14-9-7-6-8-10-14)18-12-17(15)19(3,4)5;/h4-8,10,12-14H,11H2,1-3H3;6-9,11-13H,1-5H3;/q2*-1;/i3D3,11D2;13D;. The van der Waals surface area contributed by atoms with Gasteiger partial charge in [0.2, 0.25) is 0 Å². The Labute approximate surface area is 286 Å². The molecule has 0 N–H and O–H groups in total. The van der Waals surface area contributed by atoms with Crippen LogP contribution in [0.15, 0.2) is 89.6 Å². The number of hydrogen-bond donors (Lipinski definition) is 0. The van der Waals surface area contributed by atoms with E-state index in [1.807, 2.05) is 74.6 Å². The van der Waals surface area contributed by atoms with Gasteiger partial charge < -0.3 is 14.4 Å². The van der Waals surface area contributed by atoms with Crippen molar-refractivity contribution in [1.29, 1.82) is 0 Å². The summed E-state index contributed by atoms with van der Waals surface area (Å²) in [6.07, 6.45) is 1.41. The van der Waals surface area contributed by atoms with Crippen molar-refractivity contribution in [3.05, 3.63) is 114 Å². The van der Waals surface area contributed by atoms with Gasteiger partial charge in [0.1, 0.15) is 5.58 Å². The van der Waals surface area contributed by atoms with E-state index in [1.54, 1.807) is 19.9 Å². The van der Waals surface area contributed by atoms with Crippen molar-refractivity contribution < 1.29 is 32.7 Å². The van der Waals surface area contributed by atoms with Crippen molar-refractivity contribution in [2.45, 2.75) is 66.5 Å². The van der Waals surface area contributed by atoms with Gasteiger partial charge in [-0.2, -0.15) is 0 Å². The second kappa shape index (κ2) is 14.2. The fraction of sp³-hybridized carbons (Fsp3) is 0.282. The topological polar surface area (TPSA) is 38.9 Å². The third-order valence-corrected chi connectivity index (χ3v) is 9.19. The van der Waals surface area contributed by atoms with Crippen molar-refractivity contribution in [3.8, 4) is 22.5 Å². The summed E-state index contributed by atoms with van der Waals surface area (Å²) in [7, 11) is -1.50. The molecular weight excluding hydrogens is 733 g/mol. The molecule has 0 unspecified atom stereocenters. The third kappa shape index (κ3) is 7.46. The molecule has 6 aromatic rings. The maximum absolute atomic E-state index is 8.51. The molecule has 1 radical (unpaired) electrons. The van der Waals surface area contributed by atoms with Crippen LogP contribution in [0.5, 0.6) is 0 Å². The van der Waals surface area contributed by atoms with Crippen molar-refractivity contribution in [2.75, 3.05) is 0 Å². The molecule has 0 aliphatic rings. The molecule has 6 rings (SSSR count). The smallest absolute Gasteiger partial charge is 0.120 e. The number of fused-ring (bicyclic) bond motifs is 3. The fourth-order valence-electron chi connectivity index (χ4n) is 5.07. The molecule has 0 aliphatic heterocycles. The average Bonchev–Trinajstić information content (AvgIpc) is 3.42. The summed E-state index contributed by atoms with van der Waals surface area (Å²) in [6.45, 7) is 11.8. The van der Waals surface area contributed by atoms with Gasteiger partial charge in [-0.1, -0.05) is 99.7 Å². The molecule has 0 atom stereocenters. The van der Waals surface area contributed by atoms with Crippen LogP contribution in [0.1, 0.15) is 58.5 Å². The van der Waals surface area contributed by atoms with Crippen LogP contribution in [0, 0.1) is 24.9 Å². The van der Waals surface area contributed by atoms with Crippen LogP contribution < -0.4 is 5.19 Å². The summed E-state index contributed by atoms with van der Waals surface area (Å²) < 4.78 is 54.9. The van der Waals surface area contributed by atoms with Crippen LogP contribution in [-0.4, -0.2) is 18.0 Å². The molecule has 0 aliphatic carbocycles. The second-order valence-electron chi connectivity index (χ2n) is 12.2. The summed E-state index contributed by atoms with van der Waals surface area (Å²) in [5.41, 5.74) is 5.38. The maximum Gasteiger partial charge on any atom is 0.120 e. The molecule has 0 bridgehead atoms. The van der Waals surface area contributed by atoms with E-state index >= 15 is 0 Å². The van der Waals surface area contributed by atoms with Crippen LogP contribution in [0.2, 0.25) is 19.6 Å². The fourth-order valence-corrected chi connectivity index (χ4v) is 6.65. The first-order valence-corrected chi connectivity index (χ1v) is 18.1. The molecule has 0 saturated carbocycles. The van der Waals surface area contributed by atoms with Gasteiger partial charge >= 0.3 is 0 Å². The summed E-state index contributed by atoms with van der Waals surface area (Å²) >= 11 is 0. The second-order valence-corrected chi connectivity index (χ2v) is 17.3. The van der Waals surface area contributed by atoms with Crippen LogP contribution in [0.25, 0.3) is 44.5 Å². The first-order chi connectivity index (χ1) is 22.8. The van der Waals surface area contributed by atoms with Gasteiger partial charge in [0.15, 0.2) is 0 Å². The molecule has 3 heterocycles. The molecule has 0 saturated heterocycles. The normalized spacial score (nSPS) is 14.4. The zero-order valence-corrected chi connectivity index (χ0v) is 29.7. The SMILES string of the molecule is [2H]C(C)(C)c1cc(-c2[c-]cccc2)ncc1[Si](C)(C)C.[2H]C([2H])([2H])c1cnc(-c2[c-]ccc3c2oc2ccccc23)cc1C([2H])([2H])C(C)C.[Ir]. The monoisotopic (exact) mass is 781 g/mol. The molecule has 0 fully saturated rings. The Kier molecular flexibility index (Phi) is 8.33. The number of pyridine rings is 2. The molecule has 3 aromatic heterocycles. The van der Waals surface area contributed by atoms with Gasteiger partial charge in [0.25, 0.3) is 0 Å². The zero-order chi connectivity index (χ0) is 35.9. The van der Waals surface area contributed by atoms with Crippen LogP contribution >= 0.6 is 0 Å². The quantitative estimate of drug-likeness (QED) is 0.125. The van der Waals surface area contributed by atoms with Gasteiger partial charge in [-0.15, -0.1) is 54.1 Å².